The average molecular weight is 273 g/mol. The monoisotopic (exact) mass is 273 g/mol. The van der Waals surface area contributed by atoms with Crippen molar-refractivity contribution in [3.63, 3.8) is 0 Å². The Morgan fingerprint density at radius 3 is 2.50 bits per heavy atom. The highest BCUT2D eigenvalue weighted by atomic mass is 16.5. The van der Waals surface area contributed by atoms with Gasteiger partial charge in [0, 0.05) is 24.0 Å². The lowest BCUT2D eigenvalue weighted by atomic mass is 10.0. The van der Waals surface area contributed by atoms with Crippen LogP contribution in [0.3, 0.4) is 0 Å². The van der Waals surface area contributed by atoms with Gasteiger partial charge in [0.05, 0.1) is 20.3 Å². The molecule has 1 heterocycles. The average Bonchev–Trinajstić information content (AvgIpc) is 2.52. The first kappa shape index (κ1) is 14.3. The standard InChI is InChI=1S/C16H19NO3/c1-19-13-4-5-14(16(11-13)20-2)15(18)6-3-12-7-9-17-10-8-12/h4-5,7-11,15,18H,3,6H2,1-2H3. The highest BCUT2D eigenvalue weighted by molar-refractivity contribution is 5.42. The maximum absolute atomic E-state index is 10.3. The fraction of sp³-hybridized carbons (Fsp3) is 0.312. The van der Waals surface area contributed by atoms with Crippen LogP contribution in [0.15, 0.2) is 42.7 Å². The molecule has 0 bridgehead atoms. The molecule has 106 valence electrons. The molecule has 0 saturated carbocycles. The van der Waals surface area contributed by atoms with Gasteiger partial charge in [-0.25, -0.2) is 0 Å². The van der Waals surface area contributed by atoms with Gasteiger partial charge in [0.1, 0.15) is 11.5 Å². The molecule has 0 aliphatic carbocycles. The number of hydrogen-bond donors (Lipinski definition) is 1. The number of aliphatic hydroxyl groups is 1. The van der Waals surface area contributed by atoms with Crippen LogP contribution in [0.25, 0.3) is 0 Å². The lowest BCUT2D eigenvalue weighted by Gasteiger charge is -2.15. The molecule has 0 spiro atoms. The van der Waals surface area contributed by atoms with Gasteiger partial charge in [0.15, 0.2) is 0 Å². The summed E-state index contributed by atoms with van der Waals surface area (Å²) in [6.45, 7) is 0. The van der Waals surface area contributed by atoms with E-state index < -0.39 is 6.10 Å². The zero-order valence-corrected chi connectivity index (χ0v) is 11.7. The van der Waals surface area contributed by atoms with Gasteiger partial charge in [0.2, 0.25) is 0 Å². The first-order valence-electron chi connectivity index (χ1n) is 6.53. The van der Waals surface area contributed by atoms with E-state index in [1.54, 1.807) is 32.7 Å². The minimum atomic E-state index is -0.566. The molecular weight excluding hydrogens is 254 g/mol. The highest BCUT2D eigenvalue weighted by Crippen LogP contribution is 2.31. The number of pyridine rings is 1. The van der Waals surface area contributed by atoms with E-state index in [0.717, 1.165) is 17.5 Å². The van der Waals surface area contributed by atoms with Gasteiger partial charge >= 0.3 is 0 Å². The first-order valence-corrected chi connectivity index (χ1v) is 6.53. The van der Waals surface area contributed by atoms with Crippen LogP contribution in [0.4, 0.5) is 0 Å². The van der Waals surface area contributed by atoms with Crippen molar-refractivity contribution in [3.05, 3.63) is 53.9 Å². The molecule has 0 radical (unpaired) electrons. The van der Waals surface area contributed by atoms with Crippen molar-refractivity contribution < 1.29 is 14.6 Å². The molecule has 4 nitrogen and oxygen atoms in total. The first-order chi connectivity index (χ1) is 9.74. The van der Waals surface area contributed by atoms with E-state index in [2.05, 4.69) is 4.98 Å². The van der Waals surface area contributed by atoms with Crippen LogP contribution in [0.5, 0.6) is 11.5 Å². The van der Waals surface area contributed by atoms with Gasteiger partial charge in [-0.05, 0) is 42.7 Å². The van der Waals surface area contributed by atoms with Gasteiger partial charge < -0.3 is 14.6 Å². The Bertz CT molecular complexity index is 543. The van der Waals surface area contributed by atoms with E-state index in [1.165, 1.54) is 0 Å². The van der Waals surface area contributed by atoms with Crippen LogP contribution in [0, 0.1) is 0 Å². The fourth-order valence-corrected chi connectivity index (χ4v) is 2.10. The Labute approximate surface area is 119 Å². The fourth-order valence-electron chi connectivity index (χ4n) is 2.10. The van der Waals surface area contributed by atoms with Crippen LogP contribution in [-0.4, -0.2) is 24.3 Å². The molecule has 1 aromatic carbocycles. The number of rotatable bonds is 6. The van der Waals surface area contributed by atoms with E-state index >= 15 is 0 Å². The number of methoxy groups -OCH3 is 2. The summed E-state index contributed by atoms with van der Waals surface area (Å²) in [5.41, 5.74) is 1.94. The lowest BCUT2D eigenvalue weighted by Crippen LogP contribution is -2.03. The van der Waals surface area contributed by atoms with Gasteiger partial charge in [0.25, 0.3) is 0 Å². The molecule has 20 heavy (non-hydrogen) atoms. The Hall–Kier alpha value is -2.07. The Kier molecular flexibility index (Phi) is 4.96. The number of aliphatic hydroxyl groups excluding tert-OH is 1. The van der Waals surface area contributed by atoms with Crippen molar-refractivity contribution >= 4 is 0 Å². The molecule has 4 heteroatoms. The van der Waals surface area contributed by atoms with Crippen molar-refractivity contribution in [2.45, 2.75) is 18.9 Å². The highest BCUT2D eigenvalue weighted by Gasteiger charge is 2.14. The zero-order chi connectivity index (χ0) is 14.4. The second-order valence-corrected chi connectivity index (χ2v) is 4.52. The third-order valence-corrected chi connectivity index (χ3v) is 3.26. The van der Waals surface area contributed by atoms with Crippen molar-refractivity contribution in [1.29, 1.82) is 0 Å². The van der Waals surface area contributed by atoms with Gasteiger partial charge in [-0.3, -0.25) is 4.98 Å². The molecule has 1 unspecified atom stereocenters. The molecule has 2 aromatic rings. The van der Waals surface area contributed by atoms with E-state index in [0.29, 0.717) is 17.9 Å². The molecule has 1 atom stereocenters. The molecule has 2 rings (SSSR count). The molecule has 0 aliphatic heterocycles. The summed E-state index contributed by atoms with van der Waals surface area (Å²) >= 11 is 0. The third kappa shape index (κ3) is 3.48. The summed E-state index contributed by atoms with van der Waals surface area (Å²) in [4.78, 5) is 3.98. The van der Waals surface area contributed by atoms with Gasteiger partial charge in [-0.2, -0.15) is 0 Å². The second kappa shape index (κ2) is 6.91. The van der Waals surface area contributed by atoms with E-state index in [9.17, 15) is 5.11 Å². The van der Waals surface area contributed by atoms with E-state index in [-0.39, 0.29) is 0 Å². The molecule has 1 N–H and O–H groups in total. The lowest BCUT2D eigenvalue weighted by molar-refractivity contribution is 0.163. The normalized spacial score (nSPS) is 11.9. The predicted molar refractivity (Wildman–Crippen MR) is 77.1 cm³/mol. The number of aryl methyl sites for hydroxylation is 1. The number of ether oxygens (including phenoxy) is 2. The molecule has 1 aromatic heterocycles. The van der Waals surface area contributed by atoms with E-state index in [1.807, 2.05) is 24.3 Å². The quantitative estimate of drug-likeness (QED) is 0.879. The molecule has 0 aliphatic rings. The summed E-state index contributed by atoms with van der Waals surface area (Å²) in [5.74, 6) is 1.36. The Morgan fingerprint density at radius 2 is 1.85 bits per heavy atom. The molecular formula is C16H19NO3. The van der Waals surface area contributed by atoms with Gasteiger partial charge in [-0.1, -0.05) is 0 Å². The summed E-state index contributed by atoms with van der Waals surface area (Å²) in [6, 6.07) is 9.36. The van der Waals surface area contributed by atoms with Crippen molar-refractivity contribution in [3.8, 4) is 11.5 Å². The van der Waals surface area contributed by atoms with Crippen LogP contribution in [0.2, 0.25) is 0 Å². The number of nitrogens with zero attached hydrogens (tertiary/aromatic N) is 1. The third-order valence-electron chi connectivity index (χ3n) is 3.26. The SMILES string of the molecule is COc1ccc(C(O)CCc2ccncc2)c(OC)c1. The molecule has 0 fully saturated rings. The Balaban J connectivity index is 2.07. The predicted octanol–water partition coefficient (Wildman–Crippen LogP) is 2.77. The zero-order valence-electron chi connectivity index (χ0n) is 11.7. The minimum Gasteiger partial charge on any atom is -0.497 e. The molecule has 0 amide bonds. The van der Waals surface area contributed by atoms with Crippen LogP contribution < -0.4 is 9.47 Å². The number of hydrogen-bond acceptors (Lipinski definition) is 4. The van der Waals surface area contributed by atoms with Crippen LogP contribution >= 0.6 is 0 Å². The summed E-state index contributed by atoms with van der Waals surface area (Å²) in [5, 5.41) is 10.3. The van der Waals surface area contributed by atoms with Crippen LogP contribution in [-0.2, 0) is 6.42 Å². The maximum atomic E-state index is 10.3. The van der Waals surface area contributed by atoms with Crippen molar-refractivity contribution in [2.75, 3.05) is 14.2 Å². The smallest absolute Gasteiger partial charge is 0.128 e. The van der Waals surface area contributed by atoms with Crippen molar-refractivity contribution in [1.82, 2.24) is 4.98 Å². The summed E-state index contributed by atoms with van der Waals surface area (Å²) in [7, 11) is 3.20. The number of benzene rings is 1. The minimum absolute atomic E-state index is 0.566. The van der Waals surface area contributed by atoms with Crippen molar-refractivity contribution in [2.24, 2.45) is 0 Å². The maximum Gasteiger partial charge on any atom is 0.128 e. The van der Waals surface area contributed by atoms with E-state index in [4.69, 9.17) is 9.47 Å². The Morgan fingerprint density at radius 1 is 1.10 bits per heavy atom. The van der Waals surface area contributed by atoms with Crippen LogP contribution in [0.1, 0.15) is 23.7 Å². The van der Waals surface area contributed by atoms with Gasteiger partial charge in [-0.15, -0.1) is 0 Å². The topological polar surface area (TPSA) is 51.6 Å². The second-order valence-electron chi connectivity index (χ2n) is 4.52. The summed E-state index contributed by atoms with van der Waals surface area (Å²) in [6.07, 6.45) is 4.38. The number of aromatic nitrogens is 1. The largest absolute Gasteiger partial charge is 0.497 e. The summed E-state index contributed by atoms with van der Waals surface area (Å²) < 4.78 is 10.5. The molecule has 0 saturated heterocycles.